The summed E-state index contributed by atoms with van der Waals surface area (Å²) in [6.45, 7) is 3.67. The molecule has 0 spiro atoms. The zero-order valence-electron chi connectivity index (χ0n) is 20.2. The van der Waals surface area contributed by atoms with E-state index in [1.807, 2.05) is 19.9 Å². The quantitative estimate of drug-likeness (QED) is 0.480. The number of carbonyl (C=O) groups is 2. The van der Waals surface area contributed by atoms with Crippen molar-refractivity contribution in [2.45, 2.75) is 38.2 Å². The Kier molecular flexibility index (Phi) is 7.59. The average molecular weight is 508 g/mol. The summed E-state index contributed by atoms with van der Waals surface area (Å²) in [4.78, 5) is 26.0. The van der Waals surface area contributed by atoms with Crippen LogP contribution in [0.15, 0.2) is 78.9 Å². The molecule has 0 fully saturated rings. The minimum Gasteiger partial charge on any atom is -0.476 e. The topological polar surface area (TPSA) is 105 Å². The zero-order valence-corrected chi connectivity index (χ0v) is 21.0. The number of ether oxygens (including phenoxy) is 1. The maximum atomic E-state index is 13.4. The van der Waals surface area contributed by atoms with Crippen molar-refractivity contribution < 1.29 is 22.7 Å². The molecule has 2 N–H and O–H groups in total. The lowest BCUT2D eigenvalue weighted by Gasteiger charge is -2.34. The minimum atomic E-state index is -3.82. The van der Waals surface area contributed by atoms with E-state index in [4.69, 9.17) is 4.74 Å². The lowest BCUT2D eigenvalue weighted by molar-refractivity contribution is -0.122. The Morgan fingerprint density at radius 1 is 1.00 bits per heavy atom. The van der Waals surface area contributed by atoms with Gasteiger partial charge in [0.15, 0.2) is 6.10 Å². The Hall–Kier alpha value is -3.85. The number of carbonyl (C=O) groups excluding carboxylic acids is 2. The van der Waals surface area contributed by atoms with E-state index in [9.17, 15) is 18.0 Å². The Labute approximate surface area is 211 Å². The number of hydrogen-bond donors (Lipinski definition) is 2. The van der Waals surface area contributed by atoms with Gasteiger partial charge in [-0.2, -0.15) is 0 Å². The van der Waals surface area contributed by atoms with Crippen LogP contribution in [-0.4, -0.2) is 38.9 Å². The van der Waals surface area contributed by atoms with Crippen LogP contribution in [0.25, 0.3) is 0 Å². The first-order valence-electron chi connectivity index (χ1n) is 11.8. The second-order valence-corrected chi connectivity index (χ2v) is 10.6. The van der Waals surface area contributed by atoms with E-state index < -0.39 is 22.0 Å². The Bertz CT molecular complexity index is 1340. The predicted molar refractivity (Wildman–Crippen MR) is 140 cm³/mol. The monoisotopic (exact) mass is 507 g/mol. The first-order chi connectivity index (χ1) is 17.3. The van der Waals surface area contributed by atoms with Crippen LogP contribution in [0.5, 0.6) is 5.75 Å². The second kappa shape index (κ2) is 10.8. The molecule has 1 aliphatic heterocycles. The predicted octanol–water partition coefficient (Wildman–Crippen LogP) is 3.95. The number of rotatable bonds is 8. The number of hydrogen-bond acceptors (Lipinski definition) is 5. The molecule has 0 bridgehead atoms. The first-order valence-corrected chi connectivity index (χ1v) is 13.4. The van der Waals surface area contributed by atoms with Crippen molar-refractivity contribution in [1.82, 2.24) is 5.32 Å². The van der Waals surface area contributed by atoms with Crippen LogP contribution in [0, 0.1) is 0 Å². The zero-order chi connectivity index (χ0) is 25.7. The summed E-state index contributed by atoms with van der Waals surface area (Å²) < 4.78 is 33.9. The number of nitrogens with one attached hydrogen (secondary N) is 2. The fourth-order valence-corrected chi connectivity index (χ4v) is 5.45. The molecule has 2 atom stereocenters. The van der Waals surface area contributed by atoms with E-state index in [2.05, 4.69) is 10.6 Å². The van der Waals surface area contributed by atoms with Gasteiger partial charge in [-0.15, -0.1) is 0 Å². The van der Waals surface area contributed by atoms with Gasteiger partial charge in [0, 0.05) is 6.04 Å². The summed E-state index contributed by atoms with van der Waals surface area (Å²) in [5, 5.41) is 5.65. The summed E-state index contributed by atoms with van der Waals surface area (Å²) in [5.41, 5.74) is 1.66. The highest BCUT2D eigenvalue weighted by molar-refractivity contribution is 7.92. The van der Waals surface area contributed by atoms with Crippen LogP contribution in [0.1, 0.15) is 36.2 Å². The van der Waals surface area contributed by atoms with Gasteiger partial charge in [-0.3, -0.25) is 13.9 Å². The maximum absolute atomic E-state index is 13.4. The highest BCUT2D eigenvalue weighted by Crippen LogP contribution is 2.36. The summed E-state index contributed by atoms with van der Waals surface area (Å²) in [7, 11) is -3.82. The van der Waals surface area contributed by atoms with Crippen molar-refractivity contribution in [1.29, 1.82) is 0 Å². The standard InChI is InChI=1S/C27H29N3O5S/c1-3-19(2)28-26(31)21-13-7-8-14-22(21)29-27(32)25-17-30(23-15-9-10-16-24(23)35-25)36(33,34)18-20-11-5-4-6-12-20/h4-16,19,25H,3,17-18H2,1-2H3,(H,28,31)(H,29,32)/t19-,25+/m1/s1. The van der Waals surface area contributed by atoms with Crippen LogP contribution in [-0.2, 0) is 20.6 Å². The van der Waals surface area contributed by atoms with Gasteiger partial charge in [0.25, 0.3) is 11.8 Å². The molecule has 4 rings (SSSR count). The molecule has 0 aliphatic carbocycles. The van der Waals surface area contributed by atoms with Crippen LogP contribution in [0.2, 0.25) is 0 Å². The molecule has 2 amide bonds. The lowest BCUT2D eigenvalue weighted by Crippen LogP contribution is -2.49. The maximum Gasteiger partial charge on any atom is 0.267 e. The van der Waals surface area contributed by atoms with Gasteiger partial charge in [-0.1, -0.05) is 61.5 Å². The van der Waals surface area contributed by atoms with Crippen molar-refractivity contribution in [3.63, 3.8) is 0 Å². The number of fused-ring (bicyclic) bond motifs is 1. The SMILES string of the molecule is CC[C@@H](C)NC(=O)c1ccccc1NC(=O)[C@@H]1CN(S(=O)(=O)Cc2ccccc2)c2ccccc2O1. The number of amides is 2. The van der Waals surface area contributed by atoms with Gasteiger partial charge in [0.05, 0.1) is 29.2 Å². The van der Waals surface area contributed by atoms with E-state index in [1.165, 1.54) is 4.31 Å². The Morgan fingerprint density at radius 3 is 2.42 bits per heavy atom. The Balaban J connectivity index is 1.58. The smallest absolute Gasteiger partial charge is 0.267 e. The van der Waals surface area contributed by atoms with Gasteiger partial charge in [0.2, 0.25) is 10.0 Å². The van der Waals surface area contributed by atoms with Gasteiger partial charge in [-0.25, -0.2) is 8.42 Å². The molecule has 0 saturated heterocycles. The molecule has 0 unspecified atom stereocenters. The largest absolute Gasteiger partial charge is 0.476 e. The van der Waals surface area contributed by atoms with Crippen molar-refractivity contribution in [2.75, 3.05) is 16.2 Å². The number of nitrogens with zero attached hydrogens (tertiary/aromatic N) is 1. The third-order valence-electron chi connectivity index (χ3n) is 5.97. The average Bonchev–Trinajstić information content (AvgIpc) is 2.88. The summed E-state index contributed by atoms with van der Waals surface area (Å²) in [5.74, 6) is -0.770. The molecule has 188 valence electrons. The van der Waals surface area contributed by atoms with Crippen molar-refractivity contribution >= 4 is 33.2 Å². The molecule has 3 aromatic rings. The molecule has 8 nitrogen and oxygen atoms in total. The minimum absolute atomic E-state index is 0.0252. The second-order valence-electron chi connectivity index (χ2n) is 8.66. The molecule has 0 aromatic heterocycles. The van der Waals surface area contributed by atoms with Gasteiger partial charge < -0.3 is 15.4 Å². The molecule has 36 heavy (non-hydrogen) atoms. The van der Waals surface area contributed by atoms with Gasteiger partial charge in [0.1, 0.15) is 5.75 Å². The third kappa shape index (κ3) is 5.68. The molecule has 3 aromatic carbocycles. The normalized spacial score (nSPS) is 15.8. The third-order valence-corrected chi connectivity index (χ3v) is 7.69. The number of anilines is 2. The molecule has 1 aliphatic rings. The number of benzene rings is 3. The van der Waals surface area contributed by atoms with E-state index in [0.29, 0.717) is 28.3 Å². The van der Waals surface area contributed by atoms with Crippen molar-refractivity contribution in [3.05, 3.63) is 90.0 Å². The van der Waals surface area contributed by atoms with Crippen LogP contribution >= 0.6 is 0 Å². The number of para-hydroxylation sites is 3. The van der Waals surface area contributed by atoms with E-state index >= 15 is 0 Å². The summed E-state index contributed by atoms with van der Waals surface area (Å²) >= 11 is 0. The fourth-order valence-electron chi connectivity index (χ4n) is 3.87. The highest BCUT2D eigenvalue weighted by Gasteiger charge is 2.37. The first kappa shape index (κ1) is 25.2. The molecule has 0 saturated carbocycles. The summed E-state index contributed by atoms with van der Waals surface area (Å²) in [6, 6.07) is 22.3. The molecule has 1 heterocycles. The van der Waals surface area contributed by atoms with Crippen LogP contribution < -0.4 is 19.7 Å². The van der Waals surface area contributed by atoms with E-state index in [-0.39, 0.29) is 24.2 Å². The van der Waals surface area contributed by atoms with E-state index in [0.717, 1.165) is 6.42 Å². The molecule has 9 heteroatoms. The van der Waals surface area contributed by atoms with Crippen molar-refractivity contribution in [3.8, 4) is 5.75 Å². The van der Waals surface area contributed by atoms with Gasteiger partial charge >= 0.3 is 0 Å². The lowest BCUT2D eigenvalue weighted by atomic mass is 10.1. The molecular formula is C27H29N3O5S. The van der Waals surface area contributed by atoms with Crippen molar-refractivity contribution in [2.24, 2.45) is 0 Å². The van der Waals surface area contributed by atoms with E-state index in [1.54, 1.807) is 72.8 Å². The molecule has 0 radical (unpaired) electrons. The molecular weight excluding hydrogens is 478 g/mol. The van der Waals surface area contributed by atoms with Crippen LogP contribution in [0.4, 0.5) is 11.4 Å². The fraction of sp³-hybridized carbons (Fsp3) is 0.259. The summed E-state index contributed by atoms with van der Waals surface area (Å²) in [6.07, 6.45) is -0.348. The number of sulfonamides is 1. The Morgan fingerprint density at radius 2 is 1.67 bits per heavy atom. The van der Waals surface area contributed by atoms with Crippen LogP contribution in [0.3, 0.4) is 0 Å². The highest BCUT2D eigenvalue weighted by atomic mass is 32.2. The van der Waals surface area contributed by atoms with Gasteiger partial charge in [-0.05, 0) is 43.2 Å².